The van der Waals surface area contributed by atoms with Crippen LogP contribution in [0.4, 0.5) is 15.7 Å². The number of ketones is 2. The summed E-state index contributed by atoms with van der Waals surface area (Å²) in [4.78, 5) is 137. The number of fused-ring (bicyclic) bond motifs is 2. The number of aliphatic carboxylic acids is 1. The molecule has 10 atom stereocenters. The van der Waals surface area contributed by atoms with E-state index in [1.165, 1.54) is 22.9 Å². The molecule has 46 heteroatoms. The summed E-state index contributed by atoms with van der Waals surface area (Å²) in [5.74, 6) is -8.53. The number of aromatic carboxylic acids is 1. The second-order valence-electron chi connectivity index (χ2n) is 40.0. The highest BCUT2D eigenvalue weighted by atomic mass is 32.2. The van der Waals surface area contributed by atoms with Crippen molar-refractivity contribution in [2.45, 2.75) is 193 Å². The first kappa shape index (κ1) is 117. The maximum atomic E-state index is 14.6. The maximum Gasteiger partial charge on any atom is 0.410 e. The number of carbonyl (C=O) groups excluding carboxylic acids is 7. The van der Waals surface area contributed by atoms with E-state index < -0.39 is 143 Å². The van der Waals surface area contributed by atoms with Crippen molar-refractivity contribution in [3.63, 3.8) is 0 Å². The van der Waals surface area contributed by atoms with Gasteiger partial charge in [0.25, 0.3) is 27.8 Å². The van der Waals surface area contributed by atoms with Crippen LogP contribution in [0.1, 0.15) is 146 Å². The summed E-state index contributed by atoms with van der Waals surface area (Å²) in [5.41, 5.74) is 4.40. The highest BCUT2D eigenvalue weighted by Crippen LogP contribution is 2.72. The number of aromatic nitrogens is 7. The summed E-state index contributed by atoms with van der Waals surface area (Å²) >= 11 is 1.38. The van der Waals surface area contributed by atoms with E-state index in [4.69, 9.17) is 81.1 Å². The first-order chi connectivity index (χ1) is 72.0. The molecular formula is C104H142N12O32S2. The van der Waals surface area contributed by atoms with E-state index in [0.717, 1.165) is 68.3 Å². The molecule has 8 N–H and O–H groups in total. The van der Waals surface area contributed by atoms with Crippen molar-refractivity contribution < 1.29 is 153 Å². The van der Waals surface area contributed by atoms with Gasteiger partial charge in [-0.3, -0.25) is 48.2 Å². The number of aryl methyl sites for hydroxylation is 1. The topological polar surface area (TPSA) is 556 Å². The molecule has 3 aromatic carbocycles. The number of carboxylic acid groups (broad SMARTS) is 2. The van der Waals surface area contributed by atoms with Gasteiger partial charge < -0.3 is 112 Å². The maximum absolute atomic E-state index is 14.6. The first-order valence-corrected chi connectivity index (χ1v) is 53.4. The zero-order chi connectivity index (χ0) is 107. The number of ether oxygens (including phenoxy) is 15. The monoisotopic (exact) mass is 2130 g/mol. The third-order valence-electron chi connectivity index (χ3n) is 27.8. The van der Waals surface area contributed by atoms with E-state index in [9.17, 15) is 81.7 Å². The quantitative estimate of drug-likeness (QED) is 0.0111. The predicted octanol–water partition coefficient (Wildman–Crippen LogP) is 6.71. The van der Waals surface area contributed by atoms with Gasteiger partial charge in [-0.25, -0.2) is 29.0 Å². The number of thiazole rings is 1. The Hall–Kier alpha value is -10.5. The fourth-order valence-corrected chi connectivity index (χ4v) is 22.9. The van der Waals surface area contributed by atoms with Crippen molar-refractivity contribution in [2.24, 2.45) is 28.1 Å². The summed E-state index contributed by atoms with van der Waals surface area (Å²) < 4.78 is 124. The van der Waals surface area contributed by atoms with E-state index >= 15 is 0 Å². The molecule has 4 bridgehead atoms. The fraction of sp³-hybridized carbons (Fsp3) is 0.615. The molecule has 7 aliphatic rings. The van der Waals surface area contributed by atoms with Crippen molar-refractivity contribution in [3.05, 3.63) is 148 Å². The Morgan fingerprint density at radius 3 is 1.83 bits per heavy atom. The van der Waals surface area contributed by atoms with Gasteiger partial charge >= 0.3 is 18.0 Å². The molecule has 3 aliphatic heterocycles. The summed E-state index contributed by atoms with van der Waals surface area (Å²) in [6, 6.07) is 18.9. The minimum atomic E-state index is -4.67. The second kappa shape index (κ2) is 55.8. The lowest BCUT2D eigenvalue weighted by molar-refractivity contribution is -0.248. The first-order valence-electron chi connectivity index (χ1n) is 51.0. The van der Waals surface area contributed by atoms with Crippen molar-refractivity contribution in [1.29, 1.82) is 0 Å². The van der Waals surface area contributed by atoms with Gasteiger partial charge in [-0.15, -0.1) is 5.10 Å². The Morgan fingerprint density at radius 1 is 0.653 bits per heavy atom. The molecule has 1 saturated heterocycles. The van der Waals surface area contributed by atoms with Crippen molar-refractivity contribution in [2.75, 3.05) is 201 Å². The molecule has 14 rings (SSSR count). The van der Waals surface area contributed by atoms with Gasteiger partial charge in [0.05, 0.1) is 211 Å². The molecule has 5 fully saturated rings. The number of benzene rings is 3. The Bertz CT molecular complexity index is 5770. The number of nitrogens with zero attached hydrogens (tertiary/aromatic N) is 10. The number of hydrogen-bond donors (Lipinski definition) is 8. The summed E-state index contributed by atoms with van der Waals surface area (Å²) in [6.07, 6.45) is -0.918. The fourth-order valence-electron chi connectivity index (χ4n) is 21.5. The van der Waals surface area contributed by atoms with Crippen LogP contribution in [0.5, 0.6) is 0 Å². The number of amides is 5. The van der Waals surface area contributed by atoms with Crippen LogP contribution in [0, 0.1) is 35.0 Å². The number of methoxy groups -OCH3 is 1. The van der Waals surface area contributed by atoms with Crippen molar-refractivity contribution in [1.82, 2.24) is 49.9 Å². The smallest absolute Gasteiger partial charge is 0.410 e. The molecule has 4 saturated carbocycles. The number of hydrogen-bond acceptors (Lipinski definition) is 36. The average Bonchev–Trinajstić information content (AvgIpc) is 0.733. The normalized spacial score (nSPS) is 21.5. The van der Waals surface area contributed by atoms with Gasteiger partial charge in [0.2, 0.25) is 5.91 Å². The van der Waals surface area contributed by atoms with E-state index in [2.05, 4.69) is 39.8 Å². The van der Waals surface area contributed by atoms with Gasteiger partial charge in [0.15, 0.2) is 28.5 Å². The number of pyridine rings is 1. The third-order valence-corrected chi connectivity index (χ3v) is 29.5. The number of aliphatic hydroxyl groups excluding tert-OH is 3. The number of Topliss-reactive ketones (excluding diaryl/α,β-unsaturated/α-hetero) is 2. The molecule has 44 nitrogen and oxygen atoms in total. The number of para-hydroxylation sites is 1. The molecule has 0 radical (unpaired) electrons. The Kier molecular flexibility index (Phi) is 43.4. The van der Waals surface area contributed by atoms with Gasteiger partial charge in [-0.1, -0.05) is 86.7 Å². The SMILES string of the molecule is COCCOCCOCCOCCOCCOCCOCCOCCOCCOCCOCCOCCn1cc(CC(C(=O)C[C@H](C(=O)N[C@@H](C)C(=O)Cc2ccc(COC(=O)N(CCOC34CC5(C)CC(C)(CC(Cn6ncc(-c7ccc(N8CCc9cccc(C(=O)Nc%10nc%11ccccc%11s%10)c9C8)nc7C(=O)O)c6C)(C5)C3)C4)CCS(=O)(=O)O)c(CC[C@@H]3O[C@H](C(=O)O)[C@@H](O)[C@H](O)[C@H]3O)c2)C(C)C)N2C(=O)C=CC2=O)nn1. The lowest BCUT2D eigenvalue weighted by Gasteiger charge is -2.69. The molecule has 5 amide bonds. The highest BCUT2D eigenvalue weighted by molar-refractivity contribution is 7.85. The van der Waals surface area contributed by atoms with Crippen LogP contribution in [-0.2, 0) is 162 Å². The Balaban J connectivity index is 0.559. The zero-order valence-electron chi connectivity index (χ0n) is 86.1. The van der Waals surface area contributed by atoms with Gasteiger partial charge in [0.1, 0.15) is 36.8 Å². The van der Waals surface area contributed by atoms with Crippen LogP contribution in [-0.4, -0.2) is 376 Å². The van der Waals surface area contributed by atoms with Crippen molar-refractivity contribution >= 4 is 95.8 Å². The Labute approximate surface area is 875 Å². The minimum Gasteiger partial charge on any atom is -0.479 e. The number of aliphatic hydroxyl groups is 3. The predicted molar refractivity (Wildman–Crippen MR) is 542 cm³/mol. The number of carbonyl (C=O) groups is 9. The molecule has 3 unspecified atom stereocenters. The summed E-state index contributed by atoms with van der Waals surface area (Å²) in [6.45, 7) is 21.1. The van der Waals surface area contributed by atoms with Gasteiger partial charge in [0, 0.05) is 106 Å². The van der Waals surface area contributed by atoms with Gasteiger partial charge in [-0.2, -0.15) is 13.5 Å². The second-order valence-corrected chi connectivity index (χ2v) is 42.6. The number of rotatable bonds is 68. The summed E-state index contributed by atoms with van der Waals surface area (Å²) in [5, 5.41) is 72.9. The Morgan fingerprint density at radius 2 is 1.25 bits per heavy atom. The number of imide groups is 1. The number of anilines is 2. The van der Waals surface area contributed by atoms with Crippen molar-refractivity contribution in [3.8, 4) is 11.1 Å². The molecule has 0 spiro atoms. The molecule has 4 aromatic heterocycles. The van der Waals surface area contributed by atoms with Crippen LogP contribution in [0.3, 0.4) is 0 Å². The number of nitrogens with one attached hydrogen (secondary N) is 2. The largest absolute Gasteiger partial charge is 0.479 e. The van der Waals surface area contributed by atoms with Gasteiger partial charge in [-0.05, 0) is 152 Å². The average molecular weight is 2140 g/mol. The van der Waals surface area contributed by atoms with Crippen LogP contribution in [0.15, 0.2) is 97.3 Å². The van der Waals surface area contributed by atoms with E-state index in [-0.39, 0.29) is 98.7 Å². The summed E-state index contributed by atoms with van der Waals surface area (Å²) in [7, 11) is -3.04. The highest BCUT2D eigenvalue weighted by Gasteiger charge is 2.66. The molecular weight excluding hydrogens is 1990 g/mol. The molecule has 7 aromatic rings. The third kappa shape index (κ3) is 33.2. The molecule has 4 aliphatic carbocycles. The van der Waals surface area contributed by atoms with Crippen LogP contribution < -0.4 is 15.5 Å². The standard InChI is InChI=1S/C104H142N12O32S2/c1-68(2)78(56-84(118)82(116-88(119)21-22-89(116)120)55-75-58-114(111-110-75)26-28-135-32-33-137-36-37-139-40-41-141-44-45-143-48-49-145-51-50-144-47-46-142-43-42-140-39-38-138-35-34-136-31-30-134-7)96(125)106-69(3)83(117)54-71-15-16-74(73(53-71)17-19-85-91(121)92(122)93(123)94(148-85)98(128)129)60-146-100(130)112(27-52-150(131,132)133)25-29-147-104-64-101(5)61-102(6,65-104)63-103(62-101,66-104)67-115-70(4)79(57-105-115)76-18-20-87(108-90(76)97(126)127)113-24-23-72-11-10-12-77(80(72)59-113)95(124)109-99-107-81-13-8-9-14-86(81)149-99/h8-16,18,20-22,53,57-58,68-69,78,82,85,91-94,121-123H,17,19,23-52,54-56,59-67H2,1-7H3,(H,106,125)(H,126,127)(H,128,129)(H,107,109,124)(H,131,132,133)/t69-,78-,82?,85-,91-,92+,93-,94-,101?,102?,103?,104?/m0/s1. The van der Waals surface area contributed by atoms with E-state index in [1.54, 1.807) is 69.7 Å². The molecule has 150 heavy (non-hydrogen) atoms. The van der Waals surface area contributed by atoms with Crippen LogP contribution in [0.2, 0.25) is 0 Å². The molecule has 822 valence electrons. The van der Waals surface area contributed by atoms with E-state index in [0.29, 0.717) is 222 Å². The number of carboxylic acids is 2. The lowest BCUT2D eigenvalue weighted by atomic mass is 9.39. The van der Waals surface area contributed by atoms with E-state index in [1.807, 2.05) is 52.9 Å². The minimum absolute atomic E-state index is 0.0877. The van der Waals surface area contributed by atoms with Crippen LogP contribution >= 0.6 is 11.3 Å². The van der Waals surface area contributed by atoms with Crippen LogP contribution in [0.25, 0.3) is 21.3 Å². The zero-order valence-corrected chi connectivity index (χ0v) is 87.8. The lowest BCUT2D eigenvalue weighted by Crippen LogP contribution is -2.64. The molecule has 7 heterocycles.